The smallest absolute Gasteiger partial charge is 0.251 e. The van der Waals surface area contributed by atoms with Crippen molar-refractivity contribution in [3.63, 3.8) is 0 Å². The third kappa shape index (κ3) is 4.99. The summed E-state index contributed by atoms with van der Waals surface area (Å²) in [6.45, 7) is 0.830. The molecule has 1 aliphatic rings. The largest absolute Gasteiger partial charge is 0.352 e. The number of nitrogens with one attached hydrogen (secondary N) is 1. The van der Waals surface area contributed by atoms with Crippen LogP contribution in [0.1, 0.15) is 16.8 Å². The van der Waals surface area contributed by atoms with E-state index < -0.39 is 15.8 Å². The minimum atomic E-state index is -3.94. The molecule has 0 atom stereocenters. The van der Waals surface area contributed by atoms with Crippen molar-refractivity contribution in [1.82, 2.24) is 14.5 Å². The predicted molar refractivity (Wildman–Crippen MR) is 105 cm³/mol. The van der Waals surface area contributed by atoms with Gasteiger partial charge >= 0.3 is 0 Å². The molecule has 29 heavy (non-hydrogen) atoms. The number of amides is 2. The molecule has 2 aromatic rings. The van der Waals surface area contributed by atoms with Gasteiger partial charge < -0.3 is 10.2 Å². The molecule has 2 amide bonds. The lowest BCUT2D eigenvalue weighted by Gasteiger charge is -2.34. The molecule has 0 bridgehead atoms. The molecule has 1 N–H and O–H groups in total. The van der Waals surface area contributed by atoms with E-state index in [1.54, 1.807) is 29.2 Å². The first-order valence-corrected chi connectivity index (χ1v) is 10.7. The number of hydrogen-bond acceptors (Lipinski definition) is 4. The fourth-order valence-electron chi connectivity index (χ4n) is 3.10. The van der Waals surface area contributed by atoms with Gasteiger partial charge in [0.15, 0.2) is 0 Å². The Hall–Kier alpha value is -2.78. The topological polar surface area (TPSA) is 86.8 Å². The quantitative estimate of drug-likeness (QED) is 0.768. The molecule has 3 rings (SSSR count). The molecule has 0 unspecified atom stereocenters. The van der Waals surface area contributed by atoms with Crippen LogP contribution in [-0.4, -0.2) is 62.2 Å². The van der Waals surface area contributed by atoms with Crippen molar-refractivity contribution in [2.75, 3.05) is 32.7 Å². The lowest BCUT2D eigenvalue weighted by molar-refractivity contribution is -0.132. The minimum absolute atomic E-state index is 0.0960. The maximum Gasteiger partial charge on any atom is 0.251 e. The summed E-state index contributed by atoms with van der Waals surface area (Å²) in [4.78, 5) is 25.5. The second kappa shape index (κ2) is 9.15. The van der Waals surface area contributed by atoms with E-state index in [0.717, 1.165) is 6.07 Å². The molecule has 0 radical (unpaired) electrons. The summed E-state index contributed by atoms with van der Waals surface area (Å²) in [5.41, 5.74) is 0.520. The summed E-state index contributed by atoms with van der Waals surface area (Å²) in [6, 6.07) is 13.9. The molecular formula is C20H22FN3O4S. The first-order chi connectivity index (χ1) is 13.9. The van der Waals surface area contributed by atoms with Gasteiger partial charge in [0, 0.05) is 44.7 Å². The Morgan fingerprint density at radius 2 is 1.55 bits per heavy atom. The van der Waals surface area contributed by atoms with Gasteiger partial charge in [-0.3, -0.25) is 9.59 Å². The van der Waals surface area contributed by atoms with E-state index in [1.807, 2.05) is 6.07 Å². The van der Waals surface area contributed by atoms with Gasteiger partial charge in [0.2, 0.25) is 15.9 Å². The van der Waals surface area contributed by atoms with Crippen molar-refractivity contribution in [1.29, 1.82) is 0 Å². The molecule has 1 saturated heterocycles. The Balaban J connectivity index is 1.48. The van der Waals surface area contributed by atoms with E-state index in [1.165, 1.54) is 22.5 Å². The molecular weight excluding hydrogens is 397 g/mol. The molecule has 1 fully saturated rings. The van der Waals surface area contributed by atoms with Gasteiger partial charge in [-0.05, 0) is 24.3 Å². The van der Waals surface area contributed by atoms with Crippen LogP contribution in [0.3, 0.4) is 0 Å². The van der Waals surface area contributed by atoms with E-state index in [9.17, 15) is 22.4 Å². The average molecular weight is 419 g/mol. The summed E-state index contributed by atoms with van der Waals surface area (Å²) in [5.74, 6) is -1.21. The zero-order chi connectivity index (χ0) is 20.9. The SMILES string of the molecule is O=C(NCCC(=O)N1CCN(S(=O)(=O)c2ccccc2F)CC1)c1ccccc1. The van der Waals surface area contributed by atoms with Crippen molar-refractivity contribution < 1.29 is 22.4 Å². The summed E-state index contributed by atoms with van der Waals surface area (Å²) in [6.07, 6.45) is 0.124. The van der Waals surface area contributed by atoms with Gasteiger partial charge in [-0.1, -0.05) is 30.3 Å². The van der Waals surface area contributed by atoms with Crippen LogP contribution < -0.4 is 5.32 Å². The molecule has 0 aromatic heterocycles. The zero-order valence-corrected chi connectivity index (χ0v) is 16.6. The maximum absolute atomic E-state index is 13.9. The molecule has 1 aliphatic heterocycles. The molecule has 0 saturated carbocycles. The van der Waals surface area contributed by atoms with Crippen LogP contribution in [-0.2, 0) is 14.8 Å². The van der Waals surface area contributed by atoms with Crippen LogP contribution in [0.4, 0.5) is 4.39 Å². The minimum Gasteiger partial charge on any atom is -0.352 e. The van der Waals surface area contributed by atoms with Gasteiger partial charge in [0.25, 0.3) is 5.91 Å². The van der Waals surface area contributed by atoms with Crippen LogP contribution in [0.15, 0.2) is 59.5 Å². The second-order valence-electron chi connectivity index (χ2n) is 6.59. The third-order valence-corrected chi connectivity index (χ3v) is 6.64. The Kier molecular flexibility index (Phi) is 6.60. The summed E-state index contributed by atoms with van der Waals surface area (Å²) < 4.78 is 40.3. The Bertz CT molecular complexity index is 974. The molecule has 0 spiro atoms. The van der Waals surface area contributed by atoms with Crippen LogP contribution in [0.25, 0.3) is 0 Å². The van der Waals surface area contributed by atoms with E-state index >= 15 is 0 Å². The van der Waals surface area contributed by atoms with Crippen LogP contribution in [0.2, 0.25) is 0 Å². The van der Waals surface area contributed by atoms with E-state index in [-0.39, 0.29) is 55.9 Å². The Morgan fingerprint density at radius 1 is 0.931 bits per heavy atom. The lowest BCUT2D eigenvalue weighted by Crippen LogP contribution is -2.51. The normalized spacial score (nSPS) is 15.1. The van der Waals surface area contributed by atoms with Crippen molar-refractivity contribution in [3.8, 4) is 0 Å². The van der Waals surface area contributed by atoms with Crippen LogP contribution in [0, 0.1) is 5.82 Å². The lowest BCUT2D eigenvalue weighted by atomic mass is 10.2. The summed E-state index contributed by atoms with van der Waals surface area (Å²) >= 11 is 0. The van der Waals surface area contributed by atoms with Crippen molar-refractivity contribution in [2.45, 2.75) is 11.3 Å². The summed E-state index contributed by atoms with van der Waals surface area (Å²) in [7, 11) is -3.94. The molecule has 0 aliphatic carbocycles. The van der Waals surface area contributed by atoms with Crippen LogP contribution >= 0.6 is 0 Å². The number of rotatable bonds is 6. The summed E-state index contributed by atoms with van der Waals surface area (Å²) in [5, 5.41) is 2.70. The fourth-order valence-corrected chi connectivity index (χ4v) is 4.59. The molecule has 7 nitrogen and oxygen atoms in total. The number of piperazine rings is 1. The third-order valence-electron chi connectivity index (χ3n) is 4.71. The van der Waals surface area contributed by atoms with Crippen molar-refractivity contribution in [3.05, 3.63) is 66.0 Å². The standard InChI is InChI=1S/C20H22FN3O4S/c21-17-8-4-5-9-18(17)29(27,28)24-14-12-23(13-15-24)19(25)10-11-22-20(26)16-6-2-1-3-7-16/h1-9H,10-15H2,(H,22,26). The van der Waals surface area contributed by atoms with Crippen LogP contribution in [0.5, 0.6) is 0 Å². The molecule has 1 heterocycles. The van der Waals surface area contributed by atoms with Gasteiger partial charge in [-0.15, -0.1) is 0 Å². The van der Waals surface area contributed by atoms with Gasteiger partial charge in [-0.2, -0.15) is 4.31 Å². The fraction of sp³-hybridized carbons (Fsp3) is 0.300. The number of carbonyl (C=O) groups excluding carboxylic acids is 2. The predicted octanol–water partition coefficient (Wildman–Crippen LogP) is 1.48. The highest BCUT2D eigenvalue weighted by molar-refractivity contribution is 7.89. The average Bonchev–Trinajstić information content (AvgIpc) is 2.74. The Morgan fingerprint density at radius 3 is 2.21 bits per heavy atom. The van der Waals surface area contributed by atoms with Crippen molar-refractivity contribution >= 4 is 21.8 Å². The highest BCUT2D eigenvalue weighted by Crippen LogP contribution is 2.20. The monoisotopic (exact) mass is 419 g/mol. The Labute approximate surface area is 169 Å². The van der Waals surface area contributed by atoms with Gasteiger partial charge in [-0.25, -0.2) is 12.8 Å². The molecule has 154 valence electrons. The zero-order valence-electron chi connectivity index (χ0n) is 15.8. The van der Waals surface area contributed by atoms with Gasteiger partial charge in [0.05, 0.1) is 0 Å². The number of sulfonamides is 1. The maximum atomic E-state index is 13.9. The number of halogens is 1. The number of benzene rings is 2. The van der Waals surface area contributed by atoms with E-state index in [4.69, 9.17) is 0 Å². The number of hydrogen-bond donors (Lipinski definition) is 1. The van der Waals surface area contributed by atoms with Gasteiger partial charge in [0.1, 0.15) is 10.7 Å². The first kappa shape index (κ1) is 20.9. The van der Waals surface area contributed by atoms with Crippen molar-refractivity contribution in [2.24, 2.45) is 0 Å². The second-order valence-corrected chi connectivity index (χ2v) is 8.49. The first-order valence-electron chi connectivity index (χ1n) is 9.25. The molecule has 9 heteroatoms. The number of nitrogens with zero attached hydrogens (tertiary/aromatic N) is 2. The highest BCUT2D eigenvalue weighted by Gasteiger charge is 2.31. The van der Waals surface area contributed by atoms with E-state index in [2.05, 4.69) is 5.32 Å². The highest BCUT2D eigenvalue weighted by atomic mass is 32.2. The van der Waals surface area contributed by atoms with E-state index in [0.29, 0.717) is 5.56 Å². The number of carbonyl (C=O) groups is 2. The molecule has 2 aromatic carbocycles.